The Morgan fingerprint density at radius 1 is 1.47 bits per heavy atom. The van der Waals surface area contributed by atoms with Gasteiger partial charge in [-0.15, -0.1) is 0 Å². The Bertz CT molecular complexity index is 366. The van der Waals surface area contributed by atoms with Gasteiger partial charge in [0, 0.05) is 12.0 Å². The fourth-order valence-electron chi connectivity index (χ4n) is 1.19. The standard InChI is InChI=1S/C10H11F2NO2/c11-10(12)6-1-2-7(9(15)5-6)8(14)3-4-13/h1-2,5,10,15H,3-4,13H2. The van der Waals surface area contributed by atoms with Gasteiger partial charge in [0.1, 0.15) is 5.75 Å². The van der Waals surface area contributed by atoms with Crippen LogP contribution < -0.4 is 5.73 Å². The molecule has 0 spiro atoms. The van der Waals surface area contributed by atoms with E-state index >= 15 is 0 Å². The highest BCUT2D eigenvalue weighted by Crippen LogP contribution is 2.26. The zero-order valence-corrected chi connectivity index (χ0v) is 7.91. The number of Topliss-reactive ketones (excluding diaryl/α,β-unsaturated/α-hetero) is 1. The van der Waals surface area contributed by atoms with Crippen molar-refractivity contribution >= 4 is 5.78 Å². The van der Waals surface area contributed by atoms with Gasteiger partial charge in [0.25, 0.3) is 6.43 Å². The maximum Gasteiger partial charge on any atom is 0.263 e. The summed E-state index contributed by atoms with van der Waals surface area (Å²) in [7, 11) is 0. The molecule has 3 N–H and O–H groups in total. The fraction of sp³-hybridized carbons (Fsp3) is 0.300. The highest BCUT2D eigenvalue weighted by atomic mass is 19.3. The van der Waals surface area contributed by atoms with E-state index in [9.17, 15) is 18.7 Å². The monoisotopic (exact) mass is 215 g/mol. The van der Waals surface area contributed by atoms with Crippen LogP contribution in [0.25, 0.3) is 0 Å². The summed E-state index contributed by atoms with van der Waals surface area (Å²) in [6.45, 7) is 0.162. The first-order valence-corrected chi connectivity index (χ1v) is 4.40. The van der Waals surface area contributed by atoms with E-state index in [0.29, 0.717) is 0 Å². The normalized spacial score (nSPS) is 10.7. The Hall–Kier alpha value is -1.49. The van der Waals surface area contributed by atoms with E-state index < -0.39 is 12.2 Å². The first-order chi connectivity index (χ1) is 7.06. The zero-order chi connectivity index (χ0) is 11.4. The molecule has 0 atom stereocenters. The van der Waals surface area contributed by atoms with Crippen LogP contribution in [-0.2, 0) is 0 Å². The number of carbonyl (C=O) groups is 1. The van der Waals surface area contributed by atoms with Crippen molar-refractivity contribution in [3.05, 3.63) is 29.3 Å². The molecular weight excluding hydrogens is 204 g/mol. The van der Waals surface area contributed by atoms with Gasteiger partial charge in [0.05, 0.1) is 5.56 Å². The molecule has 0 aromatic heterocycles. The van der Waals surface area contributed by atoms with Crippen molar-refractivity contribution in [1.29, 1.82) is 0 Å². The quantitative estimate of drug-likeness (QED) is 0.753. The number of aromatic hydroxyl groups is 1. The van der Waals surface area contributed by atoms with Crippen LogP contribution in [0.15, 0.2) is 18.2 Å². The van der Waals surface area contributed by atoms with Crippen LogP contribution in [0.5, 0.6) is 5.75 Å². The number of rotatable bonds is 4. The molecule has 0 aliphatic carbocycles. The van der Waals surface area contributed by atoms with Crippen molar-refractivity contribution in [3.8, 4) is 5.75 Å². The molecule has 0 aliphatic rings. The second kappa shape index (κ2) is 4.84. The number of hydrogen-bond acceptors (Lipinski definition) is 3. The minimum Gasteiger partial charge on any atom is -0.507 e. The first kappa shape index (κ1) is 11.6. The van der Waals surface area contributed by atoms with Gasteiger partial charge in [-0.3, -0.25) is 4.79 Å². The second-order valence-electron chi connectivity index (χ2n) is 3.04. The molecule has 0 amide bonds. The van der Waals surface area contributed by atoms with Gasteiger partial charge in [-0.05, 0) is 18.7 Å². The minimum absolute atomic E-state index is 0.0323. The summed E-state index contributed by atoms with van der Waals surface area (Å²) < 4.78 is 24.4. The van der Waals surface area contributed by atoms with E-state index in [0.717, 1.165) is 12.1 Å². The average molecular weight is 215 g/mol. The maximum atomic E-state index is 12.2. The lowest BCUT2D eigenvalue weighted by molar-refractivity contribution is 0.0982. The van der Waals surface area contributed by atoms with E-state index in [1.165, 1.54) is 6.07 Å². The van der Waals surface area contributed by atoms with Crippen LogP contribution in [0, 0.1) is 0 Å². The van der Waals surface area contributed by atoms with E-state index in [2.05, 4.69) is 0 Å². The van der Waals surface area contributed by atoms with Gasteiger partial charge in [0.2, 0.25) is 0 Å². The van der Waals surface area contributed by atoms with Gasteiger partial charge in [-0.2, -0.15) is 0 Å². The van der Waals surface area contributed by atoms with E-state index in [1.54, 1.807) is 0 Å². The topological polar surface area (TPSA) is 63.3 Å². The largest absolute Gasteiger partial charge is 0.507 e. The summed E-state index contributed by atoms with van der Waals surface area (Å²) in [5.74, 6) is -0.776. The SMILES string of the molecule is NCCC(=O)c1ccc(C(F)F)cc1O. The Morgan fingerprint density at radius 3 is 2.60 bits per heavy atom. The van der Waals surface area contributed by atoms with Crippen LogP contribution in [0.2, 0.25) is 0 Å². The summed E-state index contributed by atoms with van der Waals surface area (Å²) in [4.78, 5) is 11.3. The van der Waals surface area contributed by atoms with Crippen LogP contribution in [0.1, 0.15) is 28.8 Å². The van der Waals surface area contributed by atoms with Crippen LogP contribution in [0.4, 0.5) is 8.78 Å². The Kier molecular flexibility index (Phi) is 3.74. The third-order valence-corrected chi connectivity index (χ3v) is 1.95. The van der Waals surface area contributed by atoms with Gasteiger partial charge in [-0.25, -0.2) is 8.78 Å². The second-order valence-corrected chi connectivity index (χ2v) is 3.04. The smallest absolute Gasteiger partial charge is 0.263 e. The number of halogens is 2. The van der Waals surface area contributed by atoms with Crippen molar-refractivity contribution in [1.82, 2.24) is 0 Å². The van der Waals surface area contributed by atoms with Gasteiger partial charge in [0.15, 0.2) is 5.78 Å². The van der Waals surface area contributed by atoms with Crippen molar-refractivity contribution in [2.75, 3.05) is 6.54 Å². The van der Waals surface area contributed by atoms with Crippen molar-refractivity contribution < 1.29 is 18.7 Å². The molecule has 0 bridgehead atoms. The lowest BCUT2D eigenvalue weighted by atomic mass is 10.0. The Balaban J connectivity index is 2.98. The molecule has 1 rings (SSSR count). The van der Waals surface area contributed by atoms with E-state index in [1.807, 2.05) is 0 Å². The minimum atomic E-state index is -2.66. The molecule has 0 fully saturated rings. The molecule has 0 saturated heterocycles. The zero-order valence-electron chi connectivity index (χ0n) is 7.91. The summed E-state index contributed by atoms with van der Waals surface area (Å²) in [6.07, 6.45) is -2.57. The summed E-state index contributed by atoms with van der Waals surface area (Å²) in [6, 6.07) is 3.21. The number of hydrogen-bond donors (Lipinski definition) is 2. The third kappa shape index (κ3) is 2.73. The molecule has 1 aromatic carbocycles. The predicted octanol–water partition coefficient (Wildman–Crippen LogP) is 1.86. The Morgan fingerprint density at radius 2 is 2.13 bits per heavy atom. The van der Waals surface area contributed by atoms with Crippen molar-refractivity contribution in [2.45, 2.75) is 12.8 Å². The predicted molar refractivity (Wildman–Crippen MR) is 51.1 cm³/mol. The van der Waals surface area contributed by atoms with E-state index in [-0.39, 0.29) is 29.9 Å². The number of phenolic OH excluding ortho intramolecular Hbond substituents is 1. The molecule has 15 heavy (non-hydrogen) atoms. The highest BCUT2D eigenvalue weighted by molar-refractivity contribution is 5.98. The number of benzene rings is 1. The highest BCUT2D eigenvalue weighted by Gasteiger charge is 2.14. The van der Waals surface area contributed by atoms with Crippen molar-refractivity contribution in [3.63, 3.8) is 0 Å². The van der Waals surface area contributed by atoms with Gasteiger partial charge in [-0.1, -0.05) is 6.07 Å². The molecule has 0 heterocycles. The molecule has 0 aliphatic heterocycles. The molecule has 0 unspecified atom stereocenters. The first-order valence-electron chi connectivity index (χ1n) is 4.40. The molecule has 1 aromatic rings. The van der Waals surface area contributed by atoms with Crippen LogP contribution >= 0.6 is 0 Å². The molecule has 5 heteroatoms. The van der Waals surface area contributed by atoms with Crippen LogP contribution in [0.3, 0.4) is 0 Å². The number of phenols is 1. The Labute approximate surface area is 85.5 Å². The number of ketones is 1. The van der Waals surface area contributed by atoms with Crippen LogP contribution in [-0.4, -0.2) is 17.4 Å². The number of carbonyl (C=O) groups excluding carboxylic acids is 1. The maximum absolute atomic E-state index is 12.2. The van der Waals surface area contributed by atoms with Crippen molar-refractivity contribution in [2.24, 2.45) is 5.73 Å². The number of nitrogens with two attached hydrogens (primary N) is 1. The lowest BCUT2D eigenvalue weighted by Crippen LogP contribution is -2.08. The molecule has 0 saturated carbocycles. The van der Waals surface area contributed by atoms with Gasteiger partial charge >= 0.3 is 0 Å². The number of alkyl halides is 2. The van der Waals surface area contributed by atoms with Gasteiger partial charge < -0.3 is 10.8 Å². The third-order valence-electron chi connectivity index (χ3n) is 1.95. The fourth-order valence-corrected chi connectivity index (χ4v) is 1.19. The molecule has 82 valence electrons. The summed E-state index contributed by atoms with van der Waals surface area (Å²) >= 11 is 0. The molecule has 3 nitrogen and oxygen atoms in total. The average Bonchev–Trinajstić information content (AvgIpc) is 2.17. The molecular formula is C10H11F2NO2. The molecule has 0 radical (unpaired) electrons. The lowest BCUT2D eigenvalue weighted by Gasteiger charge is -2.05. The van der Waals surface area contributed by atoms with E-state index in [4.69, 9.17) is 5.73 Å². The summed E-state index contributed by atoms with van der Waals surface area (Å²) in [5.41, 5.74) is 4.90. The summed E-state index contributed by atoms with van der Waals surface area (Å²) in [5, 5.41) is 9.34.